The topological polar surface area (TPSA) is 97.1 Å². The van der Waals surface area contributed by atoms with E-state index in [1.54, 1.807) is 39.7 Å². The van der Waals surface area contributed by atoms with Crippen LogP contribution in [-0.4, -0.2) is 39.7 Å². The molecular formula is C18H25IN4O4. The molecule has 0 saturated heterocycles. The first-order valence-corrected chi connectivity index (χ1v) is 8.10. The summed E-state index contributed by atoms with van der Waals surface area (Å²) in [6.45, 7) is 0.978. The van der Waals surface area contributed by atoms with Crippen molar-refractivity contribution in [1.29, 1.82) is 0 Å². The van der Waals surface area contributed by atoms with Gasteiger partial charge in [-0.2, -0.15) is 0 Å². The van der Waals surface area contributed by atoms with Crippen LogP contribution in [-0.2, 0) is 17.9 Å². The third-order valence-electron chi connectivity index (χ3n) is 3.59. The van der Waals surface area contributed by atoms with Crippen molar-refractivity contribution in [3.63, 3.8) is 0 Å². The molecule has 9 heteroatoms. The summed E-state index contributed by atoms with van der Waals surface area (Å²) in [5.74, 6) is 2.40. The van der Waals surface area contributed by atoms with Crippen molar-refractivity contribution < 1.29 is 18.7 Å². The zero-order valence-corrected chi connectivity index (χ0v) is 17.9. The van der Waals surface area contributed by atoms with Crippen molar-refractivity contribution in [2.75, 3.05) is 27.8 Å². The number of methoxy groups -OCH3 is 2. The maximum absolute atomic E-state index is 11.9. The average molecular weight is 488 g/mol. The number of hydrogen-bond donors (Lipinski definition) is 3. The second kappa shape index (κ2) is 12.0. The number of benzene rings is 1. The van der Waals surface area contributed by atoms with E-state index < -0.39 is 0 Å². The molecule has 3 N–H and O–H groups in total. The van der Waals surface area contributed by atoms with Gasteiger partial charge in [0, 0.05) is 13.6 Å². The van der Waals surface area contributed by atoms with Crippen molar-refractivity contribution in [2.24, 2.45) is 4.99 Å². The molecular weight excluding hydrogens is 463 g/mol. The number of furan rings is 1. The Morgan fingerprint density at radius 2 is 1.85 bits per heavy atom. The summed E-state index contributed by atoms with van der Waals surface area (Å²) in [6.07, 6.45) is 1.57. The molecule has 0 bridgehead atoms. The van der Waals surface area contributed by atoms with Gasteiger partial charge >= 0.3 is 0 Å². The first-order chi connectivity index (χ1) is 12.7. The summed E-state index contributed by atoms with van der Waals surface area (Å²) in [6, 6.07) is 9.23. The number of nitrogens with zero attached hydrogens (tertiary/aromatic N) is 1. The molecule has 0 aliphatic rings. The zero-order valence-electron chi connectivity index (χ0n) is 15.6. The van der Waals surface area contributed by atoms with Crippen molar-refractivity contribution in [3.8, 4) is 11.5 Å². The van der Waals surface area contributed by atoms with Crippen LogP contribution >= 0.6 is 24.0 Å². The molecule has 0 aliphatic heterocycles. The number of carbonyl (C=O) groups excluding carboxylic acids is 1. The number of aliphatic imine (C=N–C) groups is 1. The number of amides is 1. The third-order valence-corrected chi connectivity index (χ3v) is 3.59. The molecule has 1 aromatic carbocycles. The van der Waals surface area contributed by atoms with E-state index in [-0.39, 0.29) is 36.4 Å². The van der Waals surface area contributed by atoms with Crippen LogP contribution in [0.15, 0.2) is 46.0 Å². The predicted octanol–water partition coefficient (Wildman–Crippen LogP) is 1.90. The van der Waals surface area contributed by atoms with Crippen LogP contribution < -0.4 is 25.4 Å². The maximum Gasteiger partial charge on any atom is 0.239 e. The van der Waals surface area contributed by atoms with Crippen LogP contribution in [0, 0.1) is 0 Å². The van der Waals surface area contributed by atoms with Crippen molar-refractivity contribution in [2.45, 2.75) is 13.1 Å². The standard InChI is InChI=1S/C18H24N4O4.HI/c1-19-18(22-12-17(23)20-11-14-5-4-8-26-14)21-10-13-6-7-15(24-2)16(9-13)25-3;/h4-9H,10-12H2,1-3H3,(H,20,23)(H2,19,21,22);1H. The fourth-order valence-electron chi connectivity index (χ4n) is 2.22. The second-order valence-corrected chi connectivity index (χ2v) is 5.32. The zero-order chi connectivity index (χ0) is 18.8. The Morgan fingerprint density at radius 3 is 2.48 bits per heavy atom. The van der Waals surface area contributed by atoms with E-state index >= 15 is 0 Å². The van der Waals surface area contributed by atoms with Gasteiger partial charge in [-0.05, 0) is 29.8 Å². The van der Waals surface area contributed by atoms with Gasteiger partial charge < -0.3 is 29.8 Å². The summed E-state index contributed by atoms with van der Waals surface area (Å²) < 4.78 is 15.7. The molecule has 148 valence electrons. The summed E-state index contributed by atoms with van der Waals surface area (Å²) in [7, 11) is 4.83. The van der Waals surface area contributed by atoms with E-state index in [2.05, 4.69) is 20.9 Å². The highest BCUT2D eigenvalue weighted by atomic mass is 127. The van der Waals surface area contributed by atoms with Crippen LogP contribution in [0.3, 0.4) is 0 Å². The van der Waals surface area contributed by atoms with Crippen LogP contribution in [0.5, 0.6) is 11.5 Å². The highest BCUT2D eigenvalue weighted by Crippen LogP contribution is 2.27. The minimum Gasteiger partial charge on any atom is -0.493 e. The lowest BCUT2D eigenvalue weighted by atomic mass is 10.2. The first-order valence-electron chi connectivity index (χ1n) is 8.10. The molecule has 0 saturated carbocycles. The molecule has 2 rings (SSSR count). The number of hydrogen-bond acceptors (Lipinski definition) is 5. The average Bonchev–Trinajstić information content (AvgIpc) is 3.19. The van der Waals surface area contributed by atoms with Gasteiger partial charge in [0.15, 0.2) is 17.5 Å². The third kappa shape index (κ3) is 7.37. The molecule has 0 unspecified atom stereocenters. The van der Waals surface area contributed by atoms with Crippen LogP contribution in [0.25, 0.3) is 0 Å². The summed E-state index contributed by atoms with van der Waals surface area (Å²) in [4.78, 5) is 16.0. The number of carbonyl (C=O) groups is 1. The monoisotopic (exact) mass is 488 g/mol. The van der Waals surface area contributed by atoms with Gasteiger partial charge in [0.25, 0.3) is 0 Å². The van der Waals surface area contributed by atoms with Gasteiger partial charge in [-0.1, -0.05) is 6.07 Å². The van der Waals surface area contributed by atoms with Gasteiger partial charge in [0.2, 0.25) is 5.91 Å². The van der Waals surface area contributed by atoms with E-state index in [4.69, 9.17) is 13.9 Å². The molecule has 1 amide bonds. The Kier molecular flexibility index (Phi) is 10.1. The summed E-state index contributed by atoms with van der Waals surface area (Å²) in [5.41, 5.74) is 0.993. The Morgan fingerprint density at radius 1 is 1.07 bits per heavy atom. The Hall–Kier alpha value is -2.43. The number of ether oxygens (including phenoxy) is 2. The van der Waals surface area contributed by atoms with Gasteiger partial charge in [0.1, 0.15) is 5.76 Å². The lowest BCUT2D eigenvalue weighted by Crippen LogP contribution is -2.42. The van der Waals surface area contributed by atoms with Gasteiger partial charge in [-0.15, -0.1) is 24.0 Å². The van der Waals surface area contributed by atoms with E-state index in [1.807, 2.05) is 18.2 Å². The fraction of sp³-hybridized carbons (Fsp3) is 0.333. The van der Waals surface area contributed by atoms with Crippen molar-refractivity contribution in [1.82, 2.24) is 16.0 Å². The molecule has 1 heterocycles. The largest absolute Gasteiger partial charge is 0.493 e. The van der Waals surface area contributed by atoms with E-state index in [0.29, 0.717) is 36.3 Å². The van der Waals surface area contributed by atoms with E-state index in [0.717, 1.165) is 5.56 Å². The second-order valence-electron chi connectivity index (χ2n) is 5.32. The molecule has 0 aliphatic carbocycles. The smallest absolute Gasteiger partial charge is 0.239 e. The van der Waals surface area contributed by atoms with Crippen molar-refractivity contribution >= 4 is 35.8 Å². The number of nitrogens with one attached hydrogen (secondary N) is 3. The molecule has 1 aromatic heterocycles. The van der Waals surface area contributed by atoms with Crippen LogP contribution in [0.1, 0.15) is 11.3 Å². The highest BCUT2D eigenvalue weighted by molar-refractivity contribution is 14.0. The normalized spacial score (nSPS) is 10.6. The number of rotatable bonds is 8. The first kappa shape index (κ1) is 22.6. The SMILES string of the molecule is CN=C(NCC(=O)NCc1ccco1)NCc1ccc(OC)c(OC)c1.I. The molecule has 0 radical (unpaired) electrons. The van der Waals surface area contributed by atoms with Gasteiger partial charge in [-0.25, -0.2) is 0 Å². The van der Waals surface area contributed by atoms with Crippen molar-refractivity contribution in [3.05, 3.63) is 47.9 Å². The van der Waals surface area contributed by atoms with E-state index in [9.17, 15) is 4.79 Å². The predicted molar refractivity (Wildman–Crippen MR) is 114 cm³/mol. The molecule has 27 heavy (non-hydrogen) atoms. The minimum absolute atomic E-state index is 0. The van der Waals surface area contributed by atoms with Gasteiger partial charge in [-0.3, -0.25) is 9.79 Å². The highest BCUT2D eigenvalue weighted by Gasteiger charge is 2.07. The minimum atomic E-state index is -0.157. The lowest BCUT2D eigenvalue weighted by molar-refractivity contribution is -0.120. The summed E-state index contributed by atoms with van der Waals surface area (Å²) in [5, 5.41) is 8.86. The van der Waals surface area contributed by atoms with Gasteiger partial charge in [0.05, 0.1) is 33.6 Å². The molecule has 2 aromatic rings. The molecule has 0 fully saturated rings. The van der Waals surface area contributed by atoms with E-state index in [1.165, 1.54) is 0 Å². The molecule has 0 atom stereocenters. The maximum atomic E-state index is 11.9. The Labute approximate surface area is 175 Å². The number of halogens is 1. The van der Waals surface area contributed by atoms with Crippen LogP contribution in [0.4, 0.5) is 0 Å². The summed E-state index contributed by atoms with van der Waals surface area (Å²) >= 11 is 0. The molecule has 0 spiro atoms. The molecule has 8 nitrogen and oxygen atoms in total. The lowest BCUT2D eigenvalue weighted by Gasteiger charge is -2.13. The number of guanidine groups is 1. The van der Waals surface area contributed by atoms with Crippen LogP contribution in [0.2, 0.25) is 0 Å². The quantitative estimate of drug-likeness (QED) is 0.299. The fourth-order valence-corrected chi connectivity index (χ4v) is 2.22. The Bertz CT molecular complexity index is 735. The Balaban J connectivity index is 0.00000364.